The number of allylic oxidation sites excluding steroid dienone is 4. The molecule has 0 aromatic heterocycles. The van der Waals surface area contributed by atoms with E-state index < -0.39 is 5.83 Å². The minimum absolute atomic E-state index is 0.0707. The van der Waals surface area contributed by atoms with E-state index in [1.165, 1.54) is 13.2 Å². The van der Waals surface area contributed by atoms with Gasteiger partial charge in [0.25, 0.3) is 0 Å². The molecule has 1 N–H and O–H groups in total. The highest BCUT2D eigenvalue weighted by atomic mass is 19.1. The van der Waals surface area contributed by atoms with Gasteiger partial charge in [0.05, 0.1) is 7.11 Å². The molecule has 13 heavy (non-hydrogen) atoms. The molecule has 0 heterocycles. The molecular formula is C9H9FO3. The number of aliphatic hydroxyl groups excluding tert-OH is 1. The molecule has 0 spiro atoms. The van der Waals surface area contributed by atoms with Gasteiger partial charge >= 0.3 is 0 Å². The first-order valence-electron chi connectivity index (χ1n) is 3.68. The van der Waals surface area contributed by atoms with Crippen molar-refractivity contribution in [2.75, 3.05) is 7.11 Å². The first-order valence-corrected chi connectivity index (χ1v) is 3.68. The number of aldehydes is 1. The highest BCUT2D eigenvalue weighted by Gasteiger charge is 2.12. The summed E-state index contributed by atoms with van der Waals surface area (Å²) in [6.45, 7) is 0. The quantitative estimate of drug-likeness (QED) is 0.665. The molecule has 0 fully saturated rings. The van der Waals surface area contributed by atoms with Crippen LogP contribution in [0.15, 0.2) is 35.1 Å². The number of rotatable bonds is 2. The molecule has 4 heteroatoms. The number of carbonyl (C=O) groups is 1. The minimum atomic E-state index is -0.750. The Bertz CT molecular complexity index is 313. The third-order valence-corrected chi connectivity index (χ3v) is 1.71. The number of hydrogen-bond acceptors (Lipinski definition) is 3. The molecule has 0 unspecified atom stereocenters. The fourth-order valence-corrected chi connectivity index (χ4v) is 0.981. The van der Waals surface area contributed by atoms with Crippen molar-refractivity contribution in [1.82, 2.24) is 0 Å². The van der Waals surface area contributed by atoms with E-state index in [4.69, 9.17) is 4.74 Å². The van der Waals surface area contributed by atoms with Crippen molar-refractivity contribution in [3.8, 4) is 0 Å². The number of methoxy groups -OCH3 is 1. The highest BCUT2D eigenvalue weighted by Crippen LogP contribution is 2.21. The lowest BCUT2D eigenvalue weighted by Crippen LogP contribution is -1.89. The normalized spacial score (nSPS) is 17.4. The molecule has 1 rings (SSSR count). The Balaban J connectivity index is 3.06. The summed E-state index contributed by atoms with van der Waals surface area (Å²) in [6, 6.07) is 0. The molecule has 0 aliphatic heterocycles. The fourth-order valence-electron chi connectivity index (χ4n) is 0.981. The van der Waals surface area contributed by atoms with Gasteiger partial charge in [-0.3, -0.25) is 4.79 Å². The predicted octanol–water partition coefficient (Wildman–Crippen LogP) is 1.78. The second-order valence-electron chi connectivity index (χ2n) is 2.49. The van der Waals surface area contributed by atoms with Crippen molar-refractivity contribution in [2.45, 2.75) is 6.42 Å². The Kier molecular flexibility index (Phi) is 2.84. The number of hydrogen-bond donors (Lipinski definition) is 1. The maximum absolute atomic E-state index is 13.0. The van der Waals surface area contributed by atoms with E-state index in [0.29, 0.717) is 6.29 Å². The molecule has 0 aromatic carbocycles. The zero-order valence-electron chi connectivity index (χ0n) is 7.08. The molecule has 1 aliphatic carbocycles. The summed E-state index contributed by atoms with van der Waals surface area (Å²) in [5.74, 6) is -0.792. The topological polar surface area (TPSA) is 46.5 Å². The second kappa shape index (κ2) is 3.89. The van der Waals surface area contributed by atoms with Crippen molar-refractivity contribution in [2.24, 2.45) is 0 Å². The molecule has 0 radical (unpaired) electrons. The maximum Gasteiger partial charge on any atom is 0.156 e. The number of halogens is 1. The maximum atomic E-state index is 13.0. The summed E-state index contributed by atoms with van der Waals surface area (Å²) in [7, 11) is 1.37. The molecule has 0 atom stereocenters. The molecular weight excluding hydrogens is 175 g/mol. The van der Waals surface area contributed by atoms with Crippen LogP contribution in [-0.2, 0) is 9.53 Å². The van der Waals surface area contributed by atoms with Crippen LogP contribution in [0, 0.1) is 0 Å². The molecule has 0 bridgehead atoms. The van der Waals surface area contributed by atoms with Gasteiger partial charge < -0.3 is 9.84 Å². The van der Waals surface area contributed by atoms with Gasteiger partial charge in [-0.1, -0.05) is 6.08 Å². The molecule has 0 saturated heterocycles. The van der Waals surface area contributed by atoms with E-state index in [-0.39, 0.29) is 23.5 Å². The third-order valence-electron chi connectivity index (χ3n) is 1.71. The van der Waals surface area contributed by atoms with Gasteiger partial charge in [-0.25, -0.2) is 4.39 Å². The first-order chi connectivity index (χ1) is 6.19. The van der Waals surface area contributed by atoms with Gasteiger partial charge in [0, 0.05) is 18.1 Å². The van der Waals surface area contributed by atoms with Gasteiger partial charge in [-0.05, 0) is 0 Å². The van der Waals surface area contributed by atoms with E-state index in [2.05, 4.69) is 0 Å². The Morgan fingerprint density at radius 3 is 2.92 bits per heavy atom. The van der Waals surface area contributed by atoms with Crippen LogP contribution in [0.5, 0.6) is 0 Å². The zero-order valence-corrected chi connectivity index (χ0v) is 7.08. The average Bonchev–Trinajstić information content (AvgIpc) is 2.24. The molecule has 0 saturated carbocycles. The van der Waals surface area contributed by atoms with E-state index >= 15 is 0 Å². The number of ether oxygens (including phenoxy) is 1. The largest absolute Gasteiger partial charge is 0.504 e. The third kappa shape index (κ3) is 1.96. The summed E-state index contributed by atoms with van der Waals surface area (Å²) < 4.78 is 17.8. The van der Waals surface area contributed by atoms with Crippen LogP contribution >= 0.6 is 0 Å². The molecule has 3 nitrogen and oxygen atoms in total. The lowest BCUT2D eigenvalue weighted by molar-refractivity contribution is -0.104. The average molecular weight is 184 g/mol. The summed E-state index contributed by atoms with van der Waals surface area (Å²) in [4.78, 5) is 10.3. The van der Waals surface area contributed by atoms with E-state index in [0.717, 1.165) is 6.08 Å². The van der Waals surface area contributed by atoms with Crippen LogP contribution in [0.25, 0.3) is 0 Å². The zero-order chi connectivity index (χ0) is 9.84. The molecule has 0 amide bonds. The lowest BCUT2D eigenvalue weighted by atomic mass is 10.2. The lowest BCUT2D eigenvalue weighted by Gasteiger charge is -2.01. The molecule has 70 valence electrons. The number of aliphatic hydroxyl groups is 1. The monoisotopic (exact) mass is 184 g/mol. The summed E-state index contributed by atoms with van der Waals surface area (Å²) in [6.07, 6.45) is 2.84. The van der Waals surface area contributed by atoms with E-state index in [1.54, 1.807) is 0 Å². The Morgan fingerprint density at radius 2 is 2.38 bits per heavy atom. The van der Waals surface area contributed by atoms with E-state index in [9.17, 15) is 14.3 Å². The molecule has 1 aliphatic rings. The Labute approximate surface area is 74.8 Å². The van der Waals surface area contributed by atoms with Crippen LogP contribution in [0.1, 0.15) is 6.42 Å². The summed E-state index contributed by atoms with van der Waals surface area (Å²) in [5.41, 5.74) is -0.0707. The van der Waals surface area contributed by atoms with Crippen LogP contribution in [0.2, 0.25) is 0 Å². The van der Waals surface area contributed by atoms with Gasteiger partial charge in [-0.2, -0.15) is 0 Å². The molecule has 0 aromatic rings. The van der Waals surface area contributed by atoms with Crippen molar-refractivity contribution in [3.63, 3.8) is 0 Å². The number of carbonyl (C=O) groups excluding carboxylic acids is 1. The van der Waals surface area contributed by atoms with Gasteiger partial charge in [-0.15, -0.1) is 0 Å². The summed E-state index contributed by atoms with van der Waals surface area (Å²) >= 11 is 0. The first kappa shape index (κ1) is 9.51. The highest BCUT2D eigenvalue weighted by molar-refractivity contribution is 5.79. The van der Waals surface area contributed by atoms with Crippen molar-refractivity contribution < 1.29 is 19.0 Å². The van der Waals surface area contributed by atoms with Crippen LogP contribution in [0.3, 0.4) is 0 Å². The smallest absolute Gasteiger partial charge is 0.156 e. The Hall–Kier alpha value is -1.58. The van der Waals surface area contributed by atoms with Gasteiger partial charge in [0.15, 0.2) is 12.0 Å². The fraction of sp³-hybridized carbons (Fsp3) is 0.222. The SMILES string of the molecule is COC1=C(O)C=C(F)C(C=O)=CC1. The van der Waals surface area contributed by atoms with Crippen molar-refractivity contribution >= 4 is 6.29 Å². The van der Waals surface area contributed by atoms with Crippen LogP contribution in [0.4, 0.5) is 4.39 Å². The summed E-state index contributed by atoms with van der Waals surface area (Å²) in [5, 5.41) is 9.22. The second-order valence-corrected chi connectivity index (χ2v) is 2.49. The van der Waals surface area contributed by atoms with Crippen molar-refractivity contribution in [1.29, 1.82) is 0 Å². The van der Waals surface area contributed by atoms with Crippen molar-refractivity contribution in [3.05, 3.63) is 35.1 Å². The predicted molar refractivity (Wildman–Crippen MR) is 44.6 cm³/mol. The van der Waals surface area contributed by atoms with E-state index in [1.807, 2.05) is 0 Å². The Morgan fingerprint density at radius 1 is 1.69 bits per heavy atom. The van der Waals surface area contributed by atoms with Crippen LogP contribution < -0.4 is 0 Å². The minimum Gasteiger partial charge on any atom is -0.504 e. The van der Waals surface area contributed by atoms with Gasteiger partial charge in [0.2, 0.25) is 0 Å². The standard InChI is InChI=1S/C9H9FO3/c1-13-9-3-2-6(5-11)7(10)4-8(9)12/h2,4-5,12H,3H2,1H3. The van der Waals surface area contributed by atoms with Crippen LogP contribution in [-0.4, -0.2) is 18.5 Å². The van der Waals surface area contributed by atoms with Gasteiger partial charge in [0.1, 0.15) is 11.6 Å².